The Morgan fingerprint density at radius 2 is 2.32 bits per heavy atom. The number of nitrogen functional groups attached to an aromatic ring is 1. The second-order valence-electron chi connectivity index (χ2n) is 5.30. The largest absolute Gasteiger partial charge is 0.353 e. The second-order valence-corrected chi connectivity index (χ2v) is 6.20. The summed E-state index contributed by atoms with van der Waals surface area (Å²) in [5.74, 6) is 7.63. The van der Waals surface area contributed by atoms with Gasteiger partial charge in [-0.1, -0.05) is 13.8 Å². The molecule has 3 N–H and O–H groups in total. The first kappa shape index (κ1) is 12.6. The first-order chi connectivity index (χ1) is 9.20. The number of hydrogen-bond acceptors (Lipinski definition) is 6. The van der Waals surface area contributed by atoms with E-state index in [1.54, 1.807) is 11.3 Å². The number of aromatic nitrogens is 2. The topological polar surface area (TPSA) is 67.1 Å². The Balaban J connectivity index is 2.10. The van der Waals surface area contributed by atoms with Gasteiger partial charge in [0, 0.05) is 12.6 Å². The van der Waals surface area contributed by atoms with Gasteiger partial charge >= 0.3 is 0 Å². The van der Waals surface area contributed by atoms with Crippen LogP contribution in [0.3, 0.4) is 0 Å². The van der Waals surface area contributed by atoms with Crippen molar-refractivity contribution in [2.24, 2.45) is 11.8 Å². The van der Waals surface area contributed by atoms with E-state index in [0.29, 0.717) is 17.9 Å². The minimum atomic E-state index is 0.499. The lowest BCUT2D eigenvalue weighted by Crippen LogP contribution is -2.34. The third-order valence-electron chi connectivity index (χ3n) is 3.77. The van der Waals surface area contributed by atoms with Gasteiger partial charge in [-0.15, -0.1) is 11.3 Å². The average molecular weight is 277 g/mol. The number of anilines is 2. The summed E-state index contributed by atoms with van der Waals surface area (Å²) in [5.41, 5.74) is 2.57. The molecule has 19 heavy (non-hydrogen) atoms. The first-order valence-corrected chi connectivity index (χ1v) is 7.57. The van der Waals surface area contributed by atoms with Crippen molar-refractivity contribution < 1.29 is 0 Å². The maximum atomic E-state index is 5.48. The number of rotatable bonds is 3. The average Bonchev–Trinajstić information content (AvgIpc) is 3.05. The number of thiophene rings is 1. The van der Waals surface area contributed by atoms with Crippen LogP contribution in [0.1, 0.15) is 26.7 Å². The summed E-state index contributed by atoms with van der Waals surface area (Å²) in [5, 5.41) is 3.19. The van der Waals surface area contributed by atoms with Crippen LogP contribution in [-0.2, 0) is 0 Å². The Hall–Kier alpha value is -1.40. The van der Waals surface area contributed by atoms with Crippen molar-refractivity contribution in [1.29, 1.82) is 0 Å². The summed E-state index contributed by atoms with van der Waals surface area (Å²) in [6.07, 6.45) is 2.46. The number of nitrogens with zero attached hydrogens (tertiary/aromatic N) is 3. The third-order valence-corrected chi connectivity index (χ3v) is 4.58. The van der Waals surface area contributed by atoms with Crippen LogP contribution in [0.4, 0.5) is 11.8 Å². The van der Waals surface area contributed by atoms with Crippen LogP contribution < -0.4 is 16.2 Å². The SMILES string of the molecule is CC(C)C1CCCN1c1nc(NN)nc2sccc12. The summed E-state index contributed by atoms with van der Waals surface area (Å²) in [4.78, 5) is 12.4. The second kappa shape index (κ2) is 4.94. The van der Waals surface area contributed by atoms with Crippen molar-refractivity contribution in [3.8, 4) is 0 Å². The van der Waals surface area contributed by atoms with E-state index in [0.717, 1.165) is 22.6 Å². The molecule has 1 unspecified atom stereocenters. The van der Waals surface area contributed by atoms with Gasteiger partial charge in [-0.05, 0) is 30.2 Å². The van der Waals surface area contributed by atoms with Crippen molar-refractivity contribution in [2.75, 3.05) is 16.9 Å². The highest BCUT2D eigenvalue weighted by molar-refractivity contribution is 7.16. The lowest BCUT2D eigenvalue weighted by atomic mass is 10.0. The maximum absolute atomic E-state index is 5.48. The number of hydrazine groups is 1. The van der Waals surface area contributed by atoms with Gasteiger partial charge in [0.25, 0.3) is 0 Å². The van der Waals surface area contributed by atoms with Gasteiger partial charge in [0.1, 0.15) is 10.6 Å². The summed E-state index contributed by atoms with van der Waals surface area (Å²) >= 11 is 1.63. The van der Waals surface area contributed by atoms with E-state index in [1.165, 1.54) is 12.8 Å². The number of fused-ring (bicyclic) bond motifs is 1. The van der Waals surface area contributed by atoms with Gasteiger partial charge in [0.05, 0.1) is 5.39 Å². The molecule has 3 rings (SSSR count). The summed E-state index contributed by atoms with van der Waals surface area (Å²) in [6.45, 7) is 5.61. The van der Waals surface area contributed by atoms with E-state index in [2.05, 4.69) is 45.6 Å². The highest BCUT2D eigenvalue weighted by Crippen LogP contribution is 2.35. The molecule has 102 valence electrons. The molecule has 1 aliphatic heterocycles. The summed E-state index contributed by atoms with van der Waals surface area (Å²) in [7, 11) is 0. The van der Waals surface area contributed by atoms with E-state index >= 15 is 0 Å². The highest BCUT2D eigenvalue weighted by Gasteiger charge is 2.29. The van der Waals surface area contributed by atoms with E-state index < -0.39 is 0 Å². The fraction of sp³-hybridized carbons (Fsp3) is 0.538. The lowest BCUT2D eigenvalue weighted by molar-refractivity contribution is 0.490. The summed E-state index contributed by atoms with van der Waals surface area (Å²) < 4.78 is 0. The summed E-state index contributed by atoms with van der Waals surface area (Å²) in [6, 6.07) is 2.66. The fourth-order valence-corrected chi connectivity index (χ4v) is 3.63. The Bertz CT molecular complexity index is 579. The smallest absolute Gasteiger partial charge is 0.240 e. The Kier molecular flexibility index (Phi) is 3.28. The molecule has 0 radical (unpaired) electrons. The van der Waals surface area contributed by atoms with E-state index in [9.17, 15) is 0 Å². The molecule has 6 heteroatoms. The monoisotopic (exact) mass is 277 g/mol. The molecule has 2 aromatic rings. The quantitative estimate of drug-likeness (QED) is 0.667. The Labute approximate surface area is 116 Å². The number of nitrogens with one attached hydrogen (secondary N) is 1. The molecule has 0 aromatic carbocycles. The van der Waals surface area contributed by atoms with Crippen LogP contribution >= 0.6 is 11.3 Å². The zero-order chi connectivity index (χ0) is 13.4. The normalized spacial score (nSPS) is 19.6. The van der Waals surface area contributed by atoms with Gasteiger partial charge in [-0.25, -0.2) is 10.8 Å². The standard InChI is InChI=1S/C13H19N5S/c1-8(2)10-4-3-6-18(10)11-9-5-7-19-12(9)16-13(15-11)17-14/h5,7-8,10H,3-4,6,14H2,1-2H3,(H,15,16,17). The molecule has 3 heterocycles. The number of hydrogen-bond donors (Lipinski definition) is 2. The number of nitrogens with two attached hydrogens (primary N) is 1. The molecule has 1 saturated heterocycles. The van der Waals surface area contributed by atoms with Crippen molar-refractivity contribution in [3.05, 3.63) is 11.4 Å². The first-order valence-electron chi connectivity index (χ1n) is 6.69. The molecular weight excluding hydrogens is 258 g/mol. The van der Waals surface area contributed by atoms with E-state index in [1.807, 2.05) is 0 Å². The molecule has 2 aromatic heterocycles. The highest BCUT2D eigenvalue weighted by atomic mass is 32.1. The Morgan fingerprint density at radius 1 is 1.47 bits per heavy atom. The van der Waals surface area contributed by atoms with Crippen molar-refractivity contribution >= 4 is 33.3 Å². The van der Waals surface area contributed by atoms with Crippen LogP contribution in [0.15, 0.2) is 11.4 Å². The third kappa shape index (κ3) is 2.15. The van der Waals surface area contributed by atoms with Crippen LogP contribution in [-0.4, -0.2) is 22.6 Å². The van der Waals surface area contributed by atoms with Gasteiger partial charge in [0.15, 0.2) is 0 Å². The van der Waals surface area contributed by atoms with Crippen LogP contribution in [0.2, 0.25) is 0 Å². The fourth-order valence-electron chi connectivity index (χ4n) is 2.87. The van der Waals surface area contributed by atoms with Gasteiger partial charge in [0.2, 0.25) is 5.95 Å². The molecule has 1 fully saturated rings. The van der Waals surface area contributed by atoms with Gasteiger partial charge < -0.3 is 4.90 Å². The van der Waals surface area contributed by atoms with Crippen LogP contribution in [0.5, 0.6) is 0 Å². The predicted octanol–water partition coefficient (Wildman–Crippen LogP) is 2.60. The van der Waals surface area contributed by atoms with Crippen LogP contribution in [0.25, 0.3) is 10.2 Å². The molecule has 0 saturated carbocycles. The zero-order valence-electron chi connectivity index (χ0n) is 11.3. The van der Waals surface area contributed by atoms with Gasteiger partial charge in [-0.2, -0.15) is 4.98 Å². The molecule has 0 aliphatic carbocycles. The van der Waals surface area contributed by atoms with Crippen molar-refractivity contribution in [2.45, 2.75) is 32.7 Å². The minimum Gasteiger partial charge on any atom is -0.353 e. The van der Waals surface area contributed by atoms with Gasteiger partial charge in [-0.3, -0.25) is 5.43 Å². The molecule has 0 amide bonds. The lowest BCUT2D eigenvalue weighted by Gasteiger charge is -2.29. The Morgan fingerprint density at radius 3 is 3.05 bits per heavy atom. The van der Waals surface area contributed by atoms with Crippen molar-refractivity contribution in [1.82, 2.24) is 9.97 Å². The molecule has 0 bridgehead atoms. The van der Waals surface area contributed by atoms with E-state index in [-0.39, 0.29) is 0 Å². The minimum absolute atomic E-state index is 0.499. The molecular formula is C13H19N5S. The van der Waals surface area contributed by atoms with Crippen LogP contribution in [0, 0.1) is 5.92 Å². The maximum Gasteiger partial charge on any atom is 0.240 e. The molecule has 1 atom stereocenters. The molecule has 1 aliphatic rings. The van der Waals surface area contributed by atoms with Crippen molar-refractivity contribution in [3.63, 3.8) is 0 Å². The molecule has 5 nitrogen and oxygen atoms in total. The zero-order valence-corrected chi connectivity index (χ0v) is 12.1. The van der Waals surface area contributed by atoms with E-state index in [4.69, 9.17) is 5.84 Å². The predicted molar refractivity (Wildman–Crippen MR) is 80.4 cm³/mol. The molecule has 0 spiro atoms.